The smallest absolute Gasteiger partial charge is 0.329 e. The highest BCUT2D eigenvalue weighted by atomic mass is 32.2. The summed E-state index contributed by atoms with van der Waals surface area (Å²) in [6, 6.07) is 2.35. The number of carboxylic acid groups (broad SMARTS) is 1. The van der Waals surface area contributed by atoms with Gasteiger partial charge in [0.25, 0.3) is 5.91 Å². The van der Waals surface area contributed by atoms with E-state index in [1.807, 2.05) is 0 Å². The van der Waals surface area contributed by atoms with Crippen molar-refractivity contribution >= 4 is 23.6 Å². The number of aliphatic carboxylic acids is 1. The predicted octanol–water partition coefficient (Wildman–Crippen LogP) is 1.30. The number of amides is 1. The van der Waals surface area contributed by atoms with Crippen LogP contribution in [0.25, 0.3) is 0 Å². The second-order valence-electron chi connectivity index (χ2n) is 4.32. The van der Waals surface area contributed by atoms with Crippen LogP contribution in [-0.4, -0.2) is 39.0 Å². The zero-order valence-corrected chi connectivity index (χ0v) is 10.9. The Balaban J connectivity index is 2.15. The summed E-state index contributed by atoms with van der Waals surface area (Å²) in [4.78, 5) is 27.0. The second kappa shape index (κ2) is 5.56. The van der Waals surface area contributed by atoms with Crippen LogP contribution in [0.2, 0.25) is 0 Å². The van der Waals surface area contributed by atoms with E-state index in [1.54, 1.807) is 11.8 Å². The number of aromatic nitrogens is 1. The van der Waals surface area contributed by atoms with Crippen molar-refractivity contribution < 1.29 is 19.1 Å². The molecule has 7 heteroatoms. The van der Waals surface area contributed by atoms with Gasteiger partial charge in [0, 0.05) is 0 Å². The topological polar surface area (TPSA) is 79.3 Å². The molecule has 0 spiro atoms. The third kappa shape index (κ3) is 3.04. The fraction of sp³-hybridized carbons (Fsp3) is 0.417. The molecule has 1 aromatic rings. The summed E-state index contributed by atoms with van der Waals surface area (Å²) in [5.74, 6) is -0.802. The quantitative estimate of drug-likeness (QED) is 0.874. The first-order chi connectivity index (χ1) is 9.03. The van der Waals surface area contributed by atoms with E-state index in [1.165, 1.54) is 6.07 Å². The van der Waals surface area contributed by atoms with Gasteiger partial charge in [-0.15, -0.1) is 0 Å². The minimum atomic E-state index is -1.24. The summed E-state index contributed by atoms with van der Waals surface area (Å²) in [6.45, 7) is 0. The van der Waals surface area contributed by atoms with Gasteiger partial charge >= 0.3 is 5.97 Å². The summed E-state index contributed by atoms with van der Waals surface area (Å²) in [6.07, 6.45) is 1.68. The lowest BCUT2D eigenvalue weighted by Crippen LogP contribution is -2.56. The summed E-state index contributed by atoms with van der Waals surface area (Å²) < 4.78 is 12.7. The Bertz CT molecular complexity index is 486. The summed E-state index contributed by atoms with van der Waals surface area (Å²) in [7, 11) is 0. The fourth-order valence-corrected chi connectivity index (χ4v) is 3.09. The van der Waals surface area contributed by atoms with Crippen LogP contribution in [0.3, 0.4) is 0 Å². The summed E-state index contributed by atoms with van der Waals surface area (Å²) in [5, 5.41) is 11.9. The zero-order valence-electron chi connectivity index (χ0n) is 10.1. The van der Waals surface area contributed by atoms with Gasteiger partial charge in [0.15, 0.2) is 0 Å². The summed E-state index contributed by atoms with van der Waals surface area (Å²) >= 11 is 1.66. The largest absolute Gasteiger partial charge is 0.480 e. The third-order valence-electron chi connectivity index (χ3n) is 3.07. The van der Waals surface area contributed by atoms with E-state index in [2.05, 4.69) is 10.3 Å². The predicted molar refractivity (Wildman–Crippen MR) is 68.6 cm³/mol. The normalized spacial score (nSPS) is 17.7. The van der Waals surface area contributed by atoms with Gasteiger partial charge in [-0.25, -0.2) is 14.2 Å². The molecule has 2 N–H and O–H groups in total. The van der Waals surface area contributed by atoms with Gasteiger partial charge in [-0.3, -0.25) is 4.79 Å². The van der Waals surface area contributed by atoms with Crippen molar-refractivity contribution in [2.75, 3.05) is 11.5 Å². The highest BCUT2D eigenvalue weighted by Crippen LogP contribution is 2.27. The molecule has 1 aliphatic heterocycles. The van der Waals surface area contributed by atoms with E-state index in [4.69, 9.17) is 0 Å². The van der Waals surface area contributed by atoms with Crippen LogP contribution in [-0.2, 0) is 4.79 Å². The molecule has 102 valence electrons. The average Bonchev–Trinajstić information content (AvgIpc) is 2.40. The third-order valence-corrected chi connectivity index (χ3v) is 4.05. The van der Waals surface area contributed by atoms with E-state index < -0.39 is 23.2 Å². The number of thioether (sulfide) groups is 1. The Morgan fingerprint density at radius 3 is 2.58 bits per heavy atom. The number of nitrogens with one attached hydrogen (secondary N) is 1. The highest BCUT2D eigenvalue weighted by molar-refractivity contribution is 7.99. The highest BCUT2D eigenvalue weighted by Gasteiger charge is 2.41. The number of carboxylic acids is 1. The van der Waals surface area contributed by atoms with Crippen molar-refractivity contribution in [2.24, 2.45) is 0 Å². The first kappa shape index (κ1) is 13.8. The Kier molecular flexibility index (Phi) is 4.04. The molecule has 1 aromatic heterocycles. The Labute approximate surface area is 113 Å². The van der Waals surface area contributed by atoms with E-state index in [-0.39, 0.29) is 5.69 Å². The van der Waals surface area contributed by atoms with Gasteiger partial charge in [-0.05, 0) is 36.5 Å². The van der Waals surface area contributed by atoms with E-state index in [0.29, 0.717) is 24.3 Å². The molecule has 0 atom stereocenters. The number of pyridine rings is 1. The number of carbonyl (C=O) groups is 2. The first-order valence-electron chi connectivity index (χ1n) is 5.79. The Morgan fingerprint density at radius 1 is 1.37 bits per heavy atom. The molecule has 0 radical (unpaired) electrons. The van der Waals surface area contributed by atoms with Crippen molar-refractivity contribution in [1.82, 2.24) is 10.3 Å². The maximum atomic E-state index is 12.7. The van der Waals surface area contributed by atoms with Gasteiger partial charge in [-0.1, -0.05) is 0 Å². The molecule has 5 nitrogen and oxygen atoms in total. The van der Waals surface area contributed by atoms with Gasteiger partial charge in [-0.2, -0.15) is 11.8 Å². The molecule has 0 aliphatic carbocycles. The van der Waals surface area contributed by atoms with Crippen LogP contribution in [0.15, 0.2) is 18.3 Å². The fourth-order valence-electron chi connectivity index (χ4n) is 1.90. The lowest BCUT2D eigenvalue weighted by molar-refractivity contribution is -0.144. The number of halogens is 1. The minimum absolute atomic E-state index is 0.0141. The Morgan fingerprint density at radius 2 is 2.05 bits per heavy atom. The molecular formula is C12H13FN2O3S. The maximum absolute atomic E-state index is 12.7. The SMILES string of the molecule is O=C(NC1(C(=O)O)CCSCC1)c1ccc(F)cn1. The zero-order chi connectivity index (χ0) is 13.9. The molecule has 1 aliphatic rings. The molecule has 2 rings (SSSR count). The molecule has 1 amide bonds. The van der Waals surface area contributed by atoms with Gasteiger partial charge in [0.05, 0.1) is 6.20 Å². The van der Waals surface area contributed by atoms with Crippen molar-refractivity contribution in [3.8, 4) is 0 Å². The lowest BCUT2D eigenvalue weighted by Gasteiger charge is -2.33. The van der Waals surface area contributed by atoms with Gasteiger partial charge in [0.1, 0.15) is 17.1 Å². The molecule has 2 heterocycles. The Hall–Kier alpha value is -1.63. The van der Waals surface area contributed by atoms with Crippen molar-refractivity contribution in [3.05, 3.63) is 29.8 Å². The van der Waals surface area contributed by atoms with Crippen LogP contribution in [0, 0.1) is 5.82 Å². The number of hydrogen-bond donors (Lipinski definition) is 2. The number of nitrogens with zero attached hydrogens (tertiary/aromatic N) is 1. The first-order valence-corrected chi connectivity index (χ1v) is 6.94. The van der Waals surface area contributed by atoms with Crippen molar-refractivity contribution in [3.63, 3.8) is 0 Å². The van der Waals surface area contributed by atoms with Crippen LogP contribution in [0.4, 0.5) is 4.39 Å². The number of carbonyl (C=O) groups excluding carboxylic acids is 1. The minimum Gasteiger partial charge on any atom is -0.480 e. The number of hydrogen-bond acceptors (Lipinski definition) is 4. The molecule has 19 heavy (non-hydrogen) atoms. The second-order valence-corrected chi connectivity index (χ2v) is 5.54. The van der Waals surface area contributed by atoms with Crippen LogP contribution >= 0.6 is 11.8 Å². The summed E-state index contributed by atoms with van der Waals surface area (Å²) in [5.41, 5.74) is -1.22. The van der Waals surface area contributed by atoms with Crippen molar-refractivity contribution in [2.45, 2.75) is 18.4 Å². The maximum Gasteiger partial charge on any atom is 0.329 e. The van der Waals surface area contributed by atoms with Gasteiger partial charge in [0.2, 0.25) is 0 Å². The van der Waals surface area contributed by atoms with Crippen LogP contribution in [0.5, 0.6) is 0 Å². The molecule has 1 saturated heterocycles. The van der Waals surface area contributed by atoms with Gasteiger partial charge < -0.3 is 10.4 Å². The van der Waals surface area contributed by atoms with E-state index in [9.17, 15) is 19.1 Å². The standard InChI is InChI=1S/C12H13FN2O3S/c13-8-1-2-9(14-7-8)10(16)15-12(11(17)18)3-5-19-6-4-12/h1-2,7H,3-6H2,(H,15,16)(H,17,18). The molecule has 0 saturated carbocycles. The van der Waals surface area contributed by atoms with Crippen molar-refractivity contribution in [1.29, 1.82) is 0 Å². The lowest BCUT2D eigenvalue weighted by atomic mass is 9.92. The average molecular weight is 284 g/mol. The van der Waals surface area contributed by atoms with E-state index >= 15 is 0 Å². The number of rotatable bonds is 3. The molecular weight excluding hydrogens is 271 g/mol. The molecule has 0 aromatic carbocycles. The van der Waals surface area contributed by atoms with E-state index in [0.717, 1.165) is 12.3 Å². The monoisotopic (exact) mass is 284 g/mol. The molecule has 0 unspecified atom stereocenters. The van der Waals surface area contributed by atoms with Crippen LogP contribution < -0.4 is 5.32 Å². The molecule has 1 fully saturated rings. The molecule has 0 bridgehead atoms. The van der Waals surface area contributed by atoms with Crippen LogP contribution in [0.1, 0.15) is 23.3 Å².